The smallest absolute Gasteiger partial charge is 0.140 e. The third kappa shape index (κ3) is 7.13. The highest BCUT2D eigenvalue weighted by molar-refractivity contribution is 5.86. The van der Waals surface area contributed by atoms with Crippen molar-refractivity contribution in [2.24, 2.45) is 5.92 Å². The molecule has 0 aromatic heterocycles. The van der Waals surface area contributed by atoms with Gasteiger partial charge in [-0.1, -0.05) is 77.3 Å². The Bertz CT molecular complexity index is 505. The standard InChI is InChI=1S/C24H38O2/c1-3-5-7-8-10-18-26-22-15-13-21(14-16-22)23-17-12-20(19-24(23)25)11-9-6-4-2/h13-16,20,23H,3-12,17-19H2,1-2H3/t20-,23+/m1/s1. The Morgan fingerprint density at radius 1 is 0.885 bits per heavy atom. The summed E-state index contributed by atoms with van der Waals surface area (Å²) in [6.07, 6.45) is 14.4. The van der Waals surface area contributed by atoms with Crippen LogP contribution in [0, 0.1) is 5.92 Å². The van der Waals surface area contributed by atoms with Gasteiger partial charge in [0.2, 0.25) is 0 Å². The molecule has 1 fully saturated rings. The van der Waals surface area contributed by atoms with Crippen LogP contribution < -0.4 is 4.74 Å². The number of carbonyl (C=O) groups is 1. The summed E-state index contributed by atoms with van der Waals surface area (Å²) in [6, 6.07) is 8.29. The van der Waals surface area contributed by atoms with E-state index >= 15 is 0 Å². The largest absolute Gasteiger partial charge is 0.494 e. The van der Waals surface area contributed by atoms with Crippen molar-refractivity contribution in [3.8, 4) is 5.75 Å². The number of ketones is 1. The van der Waals surface area contributed by atoms with Gasteiger partial charge in [-0.2, -0.15) is 0 Å². The van der Waals surface area contributed by atoms with Crippen molar-refractivity contribution >= 4 is 5.78 Å². The van der Waals surface area contributed by atoms with Crippen molar-refractivity contribution in [2.45, 2.75) is 96.8 Å². The highest BCUT2D eigenvalue weighted by Gasteiger charge is 2.29. The van der Waals surface area contributed by atoms with E-state index in [0.717, 1.165) is 31.6 Å². The van der Waals surface area contributed by atoms with E-state index < -0.39 is 0 Å². The van der Waals surface area contributed by atoms with Gasteiger partial charge in [-0.3, -0.25) is 4.79 Å². The zero-order valence-electron chi connectivity index (χ0n) is 17.0. The number of rotatable bonds is 12. The van der Waals surface area contributed by atoms with Gasteiger partial charge in [0.05, 0.1) is 6.61 Å². The Kier molecular flexibility index (Phi) is 9.81. The SMILES string of the molecule is CCCCCCCOc1ccc([C@@H]2CC[C@@H](CCCCC)CC2=O)cc1. The normalized spacial score (nSPS) is 20.3. The molecular weight excluding hydrogens is 320 g/mol. The average molecular weight is 359 g/mol. The lowest BCUT2D eigenvalue weighted by atomic mass is 9.76. The molecule has 0 aliphatic heterocycles. The Hall–Kier alpha value is -1.31. The zero-order chi connectivity index (χ0) is 18.6. The van der Waals surface area contributed by atoms with Crippen molar-refractivity contribution in [3.63, 3.8) is 0 Å². The van der Waals surface area contributed by atoms with Crippen molar-refractivity contribution in [1.82, 2.24) is 0 Å². The Morgan fingerprint density at radius 3 is 2.27 bits per heavy atom. The molecule has 1 aliphatic carbocycles. The number of unbranched alkanes of at least 4 members (excludes halogenated alkanes) is 6. The van der Waals surface area contributed by atoms with E-state index in [1.165, 1.54) is 63.4 Å². The molecule has 2 heteroatoms. The van der Waals surface area contributed by atoms with Crippen LogP contribution in [0.2, 0.25) is 0 Å². The average Bonchev–Trinajstić information content (AvgIpc) is 2.66. The van der Waals surface area contributed by atoms with Crippen LogP contribution in [-0.2, 0) is 4.79 Å². The molecule has 0 N–H and O–H groups in total. The molecule has 0 spiro atoms. The number of carbonyl (C=O) groups excluding carboxylic acids is 1. The Labute approximate surface area is 160 Å². The van der Waals surface area contributed by atoms with Gasteiger partial charge >= 0.3 is 0 Å². The van der Waals surface area contributed by atoms with Crippen molar-refractivity contribution in [2.75, 3.05) is 6.61 Å². The van der Waals surface area contributed by atoms with Gasteiger partial charge < -0.3 is 4.74 Å². The van der Waals surface area contributed by atoms with Crippen molar-refractivity contribution in [1.29, 1.82) is 0 Å². The second kappa shape index (κ2) is 12.1. The van der Waals surface area contributed by atoms with Crippen LogP contribution in [0.4, 0.5) is 0 Å². The van der Waals surface area contributed by atoms with Crippen molar-refractivity contribution in [3.05, 3.63) is 29.8 Å². The summed E-state index contributed by atoms with van der Waals surface area (Å²) in [4.78, 5) is 12.6. The van der Waals surface area contributed by atoms with Crippen LogP contribution in [0.15, 0.2) is 24.3 Å². The summed E-state index contributed by atoms with van der Waals surface area (Å²) in [5, 5.41) is 0. The number of ether oxygens (including phenoxy) is 1. The van der Waals surface area contributed by atoms with Gasteiger partial charge in [0, 0.05) is 12.3 Å². The van der Waals surface area contributed by atoms with Crippen LogP contribution >= 0.6 is 0 Å². The molecule has 2 nitrogen and oxygen atoms in total. The molecular formula is C24H38O2. The summed E-state index contributed by atoms with van der Waals surface area (Å²) in [5.74, 6) is 2.12. The fourth-order valence-electron chi connectivity index (χ4n) is 4.07. The lowest BCUT2D eigenvalue weighted by molar-refractivity contribution is -0.123. The minimum atomic E-state index is 0.112. The van der Waals surface area contributed by atoms with Gasteiger partial charge in [-0.15, -0.1) is 0 Å². The number of benzene rings is 1. The summed E-state index contributed by atoms with van der Waals surface area (Å²) in [7, 11) is 0. The third-order valence-corrected chi connectivity index (χ3v) is 5.76. The van der Waals surface area contributed by atoms with E-state index in [9.17, 15) is 4.79 Å². The molecule has 0 saturated heterocycles. The first kappa shape index (κ1) is 21.0. The first-order valence-corrected chi connectivity index (χ1v) is 11.0. The van der Waals surface area contributed by atoms with E-state index in [1.54, 1.807) is 0 Å². The zero-order valence-corrected chi connectivity index (χ0v) is 17.0. The van der Waals surface area contributed by atoms with Gasteiger partial charge in [-0.25, -0.2) is 0 Å². The Morgan fingerprint density at radius 2 is 1.58 bits per heavy atom. The minimum absolute atomic E-state index is 0.112. The molecule has 26 heavy (non-hydrogen) atoms. The molecule has 0 heterocycles. The fraction of sp³-hybridized carbons (Fsp3) is 0.708. The van der Waals surface area contributed by atoms with Crippen LogP contribution in [0.1, 0.15) is 102 Å². The second-order valence-electron chi connectivity index (χ2n) is 7.99. The maximum atomic E-state index is 12.6. The molecule has 1 aromatic carbocycles. The summed E-state index contributed by atoms with van der Waals surface area (Å²) < 4.78 is 5.84. The molecule has 0 amide bonds. The summed E-state index contributed by atoms with van der Waals surface area (Å²) in [5.41, 5.74) is 1.18. The molecule has 0 bridgehead atoms. The molecule has 1 aromatic rings. The quantitative estimate of drug-likeness (QED) is 0.373. The second-order valence-corrected chi connectivity index (χ2v) is 7.99. The van der Waals surface area contributed by atoms with E-state index in [4.69, 9.17) is 4.74 Å². The topological polar surface area (TPSA) is 26.3 Å². The van der Waals surface area contributed by atoms with E-state index in [-0.39, 0.29) is 5.92 Å². The van der Waals surface area contributed by atoms with E-state index in [2.05, 4.69) is 26.0 Å². The molecule has 0 unspecified atom stereocenters. The first-order valence-electron chi connectivity index (χ1n) is 11.0. The fourth-order valence-corrected chi connectivity index (χ4v) is 4.07. The number of Topliss-reactive ketones (excluding diaryl/α,β-unsaturated/α-hetero) is 1. The van der Waals surface area contributed by atoms with Crippen molar-refractivity contribution < 1.29 is 9.53 Å². The predicted molar refractivity (Wildman–Crippen MR) is 110 cm³/mol. The van der Waals surface area contributed by atoms with Gasteiger partial charge in [0.15, 0.2) is 0 Å². The number of hydrogen-bond donors (Lipinski definition) is 0. The molecule has 2 rings (SSSR count). The van der Waals surface area contributed by atoms with Crippen LogP contribution in [0.5, 0.6) is 5.75 Å². The highest BCUT2D eigenvalue weighted by Crippen LogP contribution is 2.35. The van der Waals surface area contributed by atoms with Crippen LogP contribution in [0.3, 0.4) is 0 Å². The summed E-state index contributed by atoms with van der Waals surface area (Å²) >= 11 is 0. The first-order chi connectivity index (χ1) is 12.7. The number of hydrogen-bond acceptors (Lipinski definition) is 2. The lowest BCUT2D eigenvalue weighted by Crippen LogP contribution is -2.23. The Balaban J connectivity index is 1.73. The third-order valence-electron chi connectivity index (χ3n) is 5.76. The molecule has 1 aliphatic rings. The highest BCUT2D eigenvalue weighted by atomic mass is 16.5. The van der Waals surface area contributed by atoms with Gasteiger partial charge in [-0.05, 0) is 42.9 Å². The molecule has 0 radical (unpaired) electrons. The maximum Gasteiger partial charge on any atom is 0.140 e. The summed E-state index contributed by atoms with van der Waals surface area (Å²) in [6.45, 7) is 5.27. The van der Waals surface area contributed by atoms with Crippen LogP contribution in [0.25, 0.3) is 0 Å². The molecule has 146 valence electrons. The van der Waals surface area contributed by atoms with E-state index in [1.807, 2.05) is 12.1 Å². The lowest BCUT2D eigenvalue weighted by Gasteiger charge is -2.27. The molecule has 2 atom stereocenters. The monoisotopic (exact) mass is 358 g/mol. The van der Waals surface area contributed by atoms with Gasteiger partial charge in [0.25, 0.3) is 0 Å². The molecule has 1 saturated carbocycles. The van der Waals surface area contributed by atoms with Gasteiger partial charge in [0.1, 0.15) is 11.5 Å². The van der Waals surface area contributed by atoms with E-state index in [0.29, 0.717) is 11.7 Å². The minimum Gasteiger partial charge on any atom is -0.494 e. The predicted octanol–water partition coefficient (Wildman–Crippen LogP) is 7.07. The van der Waals surface area contributed by atoms with Crippen LogP contribution in [-0.4, -0.2) is 12.4 Å². The maximum absolute atomic E-state index is 12.6.